The van der Waals surface area contributed by atoms with Crippen LogP contribution in [0.4, 0.5) is 5.82 Å². The van der Waals surface area contributed by atoms with E-state index in [1.54, 1.807) is 6.07 Å². The summed E-state index contributed by atoms with van der Waals surface area (Å²) in [5.74, 6) is 2.14. The summed E-state index contributed by atoms with van der Waals surface area (Å²) in [6.45, 7) is 5.90. The van der Waals surface area contributed by atoms with Crippen molar-refractivity contribution >= 4 is 5.82 Å². The van der Waals surface area contributed by atoms with Gasteiger partial charge in [-0.3, -0.25) is 4.79 Å². The van der Waals surface area contributed by atoms with Crippen molar-refractivity contribution in [3.63, 3.8) is 0 Å². The number of hydrogen-bond donors (Lipinski definition) is 1. The Hall–Kier alpha value is -2.24. The largest absolute Gasteiger partial charge is 0.356 e. The SMILES string of the molecule is CCc1nc(C)cc(N2CCC[C@@H](c3cc(=O)[nH]cn3)C2)n1. The first-order valence-electron chi connectivity index (χ1n) is 7.80. The van der Waals surface area contributed by atoms with Crippen LogP contribution in [0.3, 0.4) is 0 Å². The van der Waals surface area contributed by atoms with Crippen molar-refractivity contribution in [2.45, 2.75) is 39.0 Å². The zero-order valence-corrected chi connectivity index (χ0v) is 13.0. The van der Waals surface area contributed by atoms with E-state index >= 15 is 0 Å². The summed E-state index contributed by atoms with van der Waals surface area (Å²) >= 11 is 0. The Morgan fingerprint density at radius 2 is 2.23 bits per heavy atom. The van der Waals surface area contributed by atoms with Crippen molar-refractivity contribution < 1.29 is 0 Å². The fourth-order valence-corrected chi connectivity index (χ4v) is 2.97. The van der Waals surface area contributed by atoms with E-state index in [9.17, 15) is 4.79 Å². The van der Waals surface area contributed by atoms with Gasteiger partial charge in [0.25, 0.3) is 5.56 Å². The summed E-state index contributed by atoms with van der Waals surface area (Å²) in [5, 5.41) is 0. The van der Waals surface area contributed by atoms with E-state index in [0.717, 1.165) is 55.4 Å². The second kappa shape index (κ2) is 6.25. The Labute approximate surface area is 129 Å². The first kappa shape index (κ1) is 14.7. The van der Waals surface area contributed by atoms with Gasteiger partial charge in [-0.25, -0.2) is 15.0 Å². The van der Waals surface area contributed by atoms with E-state index in [0.29, 0.717) is 0 Å². The summed E-state index contributed by atoms with van der Waals surface area (Å²) < 4.78 is 0. The van der Waals surface area contributed by atoms with E-state index in [1.807, 2.05) is 13.0 Å². The molecule has 0 spiro atoms. The third-order valence-corrected chi connectivity index (χ3v) is 4.07. The van der Waals surface area contributed by atoms with Crippen molar-refractivity contribution in [2.24, 2.45) is 0 Å². The Morgan fingerprint density at radius 3 is 3.00 bits per heavy atom. The van der Waals surface area contributed by atoms with Crippen LogP contribution in [-0.4, -0.2) is 33.0 Å². The number of aromatic amines is 1. The lowest BCUT2D eigenvalue weighted by atomic mass is 9.94. The number of nitrogens with zero attached hydrogens (tertiary/aromatic N) is 4. The first-order chi connectivity index (χ1) is 10.7. The molecule has 6 heteroatoms. The predicted molar refractivity (Wildman–Crippen MR) is 85.2 cm³/mol. The number of aryl methyl sites for hydroxylation is 2. The molecule has 0 aromatic carbocycles. The van der Waals surface area contributed by atoms with Crippen molar-refractivity contribution in [3.8, 4) is 0 Å². The maximum atomic E-state index is 11.5. The number of nitrogens with one attached hydrogen (secondary N) is 1. The molecule has 1 aliphatic heterocycles. The molecule has 0 bridgehead atoms. The molecule has 2 aromatic rings. The number of aromatic nitrogens is 4. The molecule has 1 saturated heterocycles. The second-order valence-electron chi connectivity index (χ2n) is 5.76. The Bertz CT molecular complexity index is 712. The van der Waals surface area contributed by atoms with E-state index < -0.39 is 0 Å². The summed E-state index contributed by atoms with van der Waals surface area (Å²) in [4.78, 5) is 29.8. The molecule has 0 aliphatic carbocycles. The molecule has 0 amide bonds. The third-order valence-electron chi connectivity index (χ3n) is 4.07. The Kier molecular flexibility index (Phi) is 4.18. The van der Waals surface area contributed by atoms with Gasteiger partial charge in [0.1, 0.15) is 11.6 Å². The molecule has 0 saturated carbocycles. The molecule has 116 valence electrons. The van der Waals surface area contributed by atoms with Crippen LogP contribution in [0.5, 0.6) is 0 Å². The minimum absolute atomic E-state index is 0.0896. The summed E-state index contributed by atoms with van der Waals surface area (Å²) in [6, 6.07) is 3.64. The normalized spacial score (nSPS) is 18.5. The molecule has 22 heavy (non-hydrogen) atoms. The fraction of sp³-hybridized carbons (Fsp3) is 0.500. The monoisotopic (exact) mass is 299 g/mol. The van der Waals surface area contributed by atoms with Gasteiger partial charge in [0.2, 0.25) is 0 Å². The van der Waals surface area contributed by atoms with Gasteiger partial charge in [-0.1, -0.05) is 6.92 Å². The van der Waals surface area contributed by atoms with Gasteiger partial charge in [0.15, 0.2) is 0 Å². The lowest BCUT2D eigenvalue weighted by Crippen LogP contribution is -2.35. The Balaban J connectivity index is 1.84. The van der Waals surface area contributed by atoms with Crippen molar-refractivity contribution in [1.82, 2.24) is 19.9 Å². The topological polar surface area (TPSA) is 74.8 Å². The maximum absolute atomic E-state index is 11.5. The van der Waals surface area contributed by atoms with Crippen LogP contribution in [0.2, 0.25) is 0 Å². The average molecular weight is 299 g/mol. The Morgan fingerprint density at radius 1 is 1.36 bits per heavy atom. The van der Waals surface area contributed by atoms with E-state index in [1.165, 1.54) is 6.33 Å². The predicted octanol–water partition coefficient (Wildman–Crippen LogP) is 1.81. The summed E-state index contributed by atoms with van der Waals surface area (Å²) in [6.07, 6.45) is 4.45. The second-order valence-corrected chi connectivity index (χ2v) is 5.76. The molecule has 3 heterocycles. The molecule has 0 unspecified atom stereocenters. The number of rotatable bonds is 3. The zero-order valence-electron chi connectivity index (χ0n) is 13.0. The fourth-order valence-electron chi connectivity index (χ4n) is 2.97. The van der Waals surface area contributed by atoms with E-state index in [4.69, 9.17) is 0 Å². The van der Waals surface area contributed by atoms with Crippen LogP contribution in [0.25, 0.3) is 0 Å². The van der Waals surface area contributed by atoms with Crippen LogP contribution in [0.1, 0.15) is 42.9 Å². The molecule has 1 aliphatic rings. The molecular weight excluding hydrogens is 278 g/mol. The van der Waals surface area contributed by atoms with Crippen LogP contribution in [0.15, 0.2) is 23.3 Å². The van der Waals surface area contributed by atoms with Crippen molar-refractivity contribution in [3.05, 3.63) is 46.0 Å². The molecule has 6 nitrogen and oxygen atoms in total. The molecular formula is C16H21N5O. The molecule has 2 aromatic heterocycles. The van der Waals surface area contributed by atoms with Gasteiger partial charge in [0.05, 0.1) is 12.0 Å². The van der Waals surface area contributed by atoms with Crippen LogP contribution in [0, 0.1) is 6.92 Å². The number of anilines is 1. The van der Waals surface area contributed by atoms with Gasteiger partial charge < -0.3 is 9.88 Å². The van der Waals surface area contributed by atoms with Gasteiger partial charge in [0, 0.05) is 43.3 Å². The highest BCUT2D eigenvalue weighted by Gasteiger charge is 2.24. The average Bonchev–Trinajstić information content (AvgIpc) is 2.54. The van der Waals surface area contributed by atoms with Crippen LogP contribution >= 0.6 is 0 Å². The van der Waals surface area contributed by atoms with Crippen LogP contribution in [-0.2, 0) is 6.42 Å². The minimum Gasteiger partial charge on any atom is -0.356 e. The third kappa shape index (κ3) is 3.16. The highest BCUT2D eigenvalue weighted by atomic mass is 16.1. The first-order valence-corrected chi connectivity index (χ1v) is 7.80. The zero-order chi connectivity index (χ0) is 15.5. The van der Waals surface area contributed by atoms with Crippen molar-refractivity contribution in [2.75, 3.05) is 18.0 Å². The van der Waals surface area contributed by atoms with E-state index in [2.05, 4.69) is 31.8 Å². The molecule has 1 fully saturated rings. The number of H-pyrrole nitrogens is 1. The van der Waals surface area contributed by atoms with Gasteiger partial charge in [-0.15, -0.1) is 0 Å². The quantitative estimate of drug-likeness (QED) is 0.935. The van der Waals surface area contributed by atoms with Gasteiger partial charge in [-0.05, 0) is 19.8 Å². The van der Waals surface area contributed by atoms with E-state index in [-0.39, 0.29) is 11.5 Å². The lowest BCUT2D eigenvalue weighted by molar-refractivity contribution is 0.496. The lowest BCUT2D eigenvalue weighted by Gasteiger charge is -2.33. The standard InChI is InChI=1S/C16H21N5O/c1-3-14-19-11(2)7-15(20-14)21-6-4-5-12(9-21)13-8-16(22)18-10-17-13/h7-8,10,12H,3-6,9H2,1-2H3,(H,17,18,22)/t12-/m1/s1. The van der Waals surface area contributed by atoms with Gasteiger partial charge >= 0.3 is 0 Å². The molecule has 1 N–H and O–H groups in total. The number of hydrogen-bond acceptors (Lipinski definition) is 5. The summed E-state index contributed by atoms with van der Waals surface area (Å²) in [7, 11) is 0. The smallest absolute Gasteiger partial charge is 0.250 e. The highest BCUT2D eigenvalue weighted by molar-refractivity contribution is 5.41. The molecule has 0 radical (unpaired) electrons. The molecule has 1 atom stereocenters. The van der Waals surface area contributed by atoms with Crippen molar-refractivity contribution in [1.29, 1.82) is 0 Å². The van der Waals surface area contributed by atoms with Crippen LogP contribution < -0.4 is 10.5 Å². The highest BCUT2D eigenvalue weighted by Crippen LogP contribution is 2.27. The van der Waals surface area contributed by atoms with Gasteiger partial charge in [-0.2, -0.15) is 0 Å². The number of piperidine rings is 1. The summed E-state index contributed by atoms with van der Waals surface area (Å²) in [5.41, 5.74) is 1.78. The maximum Gasteiger partial charge on any atom is 0.250 e. The molecule has 3 rings (SSSR count). The minimum atomic E-state index is -0.0896.